The monoisotopic (exact) mass is 345 g/mol. The highest BCUT2D eigenvalue weighted by atomic mass is 32.2. The number of hydrogen-bond acceptors (Lipinski definition) is 4. The summed E-state index contributed by atoms with van der Waals surface area (Å²) in [5.41, 5.74) is 1.30. The number of nitrogens with one attached hydrogen (secondary N) is 1. The summed E-state index contributed by atoms with van der Waals surface area (Å²) in [7, 11) is 1.61. The van der Waals surface area contributed by atoms with Gasteiger partial charge in [0.1, 0.15) is 11.5 Å². The Hall–Kier alpha value is -2.14. The quantitative estimate of drug-likeness (QED) is 0.707. The molecule has 128 valence electrons. The lowest BCUT2D eigenvalue weighted by molar-refractivity contribution is -0.127. The van der Waals surface area contributed by atoms with Gasteiger partial charge in [0.2, 0.25) is 0 Å². The lowest BCUT2D eigenvalue weighted by Crippen LogP contribution is -2.37. The Morgan fingerprint density at radius 2 is 1.75 bits per heavy atom. The van der Waals surface area contributed by atoms with Crippen LogP contribution in [0.5, 0.6) is 11.5 Å². The summed E-state index contributed by atoms with van der Waals surface area (Å²) in [5.74, 6) is 3.13. The van der Waals surface area contributed by atoms with Gasteiger partial charge in [-0.2, -0.15) is 11.8 Å². The SMILES string of the molecule is COc1ccc(OC(C)C(=O)NCCSCc2ccccc2)cc1. The molecule has 0 bridgehead atoms. The van der Waals surface area contributed by atoms with Crippen molar-refractivity contribution < 1.29 is 14.3 Å². The molecule has 0 saturated carbocycles. The van der Waals surface area contributed by atoms with Gasteiger partial charge in [0.15, 0.2) is 6.10 Å². The van der Waals surface area contributed by atoms with Crippen LogP contribution in [0.3, 0.4) is 0 Å². The second-order valence-electron chi connectivity index (χ2n) is 5.26. The molecule has 0 saturated heterocycles. The number of ether oxygens (including phenoxy) is 2. The van der Waals surface area contributed by atoms with Gasteiger partial charge in [-0.3, -0.25) is 4.79 Å². The minimum atomic E-state index is -0.530. The van der Waals surface area contributed by atoms with E-state index in [1.807, 2.05) is 18.2 Å². The lowest BCUT2D eigenvalue weighted by Gasteiger charge is -2.15. The van der Waals surface area contributed by atoms with Crippen LogP contribution in [-0.4, -0.2) is 31.4 Å². The molecule has 0 aromatic heterocycles. The molecule has 24 heavy (non-hydrogen) atoms. The van der Waals surface area contributed by atoms with Gasteiger partial charge in [-0.25, -0.2) is 0 Å². The van der Waals surface area contributed by atoms with E-state index in [4.69, 9.17) is 9.47 Å². The number of carbonyl (C=O) groups is 1. The highest BCUT2D eigenvalue weighted by Crippen LogP contribution is 2.18. The van der Waals surface area contributed by atoms with E-state index in [2.05, 4.69) is 17.4 Å². The average Bonchev–Trinajstić information content (AvgIpc) is 2.62. The topological polar surface area (TPSA) is 47.6 Å². The Kier molecular flexibility index (Phi) is 7.49. The predicted molar refractivity (Wildman–Crippen MR) is 98.7 cm³/mol. The first-order valence-electron chi connectivity index (χ1n) is 7.89. The first-order valence-corrected chi connectivity index (χ1v) is 9.04. The van der Waals surface area contributed by atoms with Crippen LogP contribution in [0.15, 0.2) is 54.6 Å². The molecular formula is C19H23NO3S. The zero-order valence-corrected chi connectivity index (χ0v) is 14.8. The van der Waals surface area contributed by atoms with E-state index < -0.39 is 6.10 Å². The fourth-order valence-corrected chi connectivity index (χ4v) is 2.89. The van der Waals surface area contributed by atoms with Crippen LogP contribution in [-0.2, 0) is 10.5 Å². The van der Waals surface area contributed by atoms with Crippen molar-refractivity contribution in [2.24, 2.45) is 0 Å². The fourth-order valence-electron chi connectivity index (χ4n) is 2.07. The number of thioether (sulfide) groups is 1. The molecule has 1 unspecified atom stereocenters. The number of rotatable bonds is 9. The van der Waals surface area contributed by atoms with Gasteiger partial charge in [0.25, 0.3) is 5.91 Å². The number of carbonyl (C=O) groups excluding carboxylic acids is 1. The molecule has 0 radical (unpaired) electrons. The third-order valence-corrected chi connectivity index (χ3v) is 4.43. The average molecular weight is 345 g/mol. The van der Waals surface area contributed by atoms with E-state index in [-0.39, 0.29) is 5.91 Å². The first-order chi connectivity index (χ1) is 11.7. The van der Waals surface area contributed by atoms with Crippen LogP contribution in [0, 0.1) is 0 Å². The van der Waals surface area contributed by atoms with Crippen LogP contribution in [0.25, 0.3) is 0 Å². The summed E-state index contributed by atoms with van der Waals surface area (Å²) in [4.78, 5) is 12.0. The highest BCUT2D eigenvalue weighted by molar-refractivity contribution is 7.98. The van der Waals surface area contributed by atoms with Gasteiger partial charge >= 0.3 is 0 Å². The Morgan fingerprint density at radius 3 is 2.42 bits per heavy atom. The molecule has 4 nitrogen and oxygen atoms in total. The Morgan fingerprint density at radius 1 is 1.08 bits per heavy atom. The van der Waals surface area contributed by atoms with E-state index >= 15 is 0 Å². The minimum Gasteiger partial charge on any atom is -0.497 e. The summed E-state index contributed by atoms with van der Waals surface area (Å²) < 4.78 is 10.7. The number of methoxy groups -OCH3 is 1. The van der Waals surface area contributed by atoms with E-state index in [0.717, 1.165) is 17.3 Å². The van der Waals surface area contributed by atoms with Crippen LogP contribution in [0.1, 0.15) is 12.5 Å². The first kappa shape index (κ1) is 18.2. The van der Waals surface area contributed by atoms with Crippen molar-refractivity contribution in [3.63, 3.8) is 0 Å². The maximum absolute atomic E-state index is 12.0. The molecule has 1 amide bonds. The van der Waals surface area contributed by atoms with Crippen LogP contribution in [0.2, 0.25) is 0 Å². The normalized spacial score (nSPS) is 11.6. The molecular weight excluding hydrogens is 322 g/mol. The minimum absolute atomic E-state index is 0.105. The molecule has 2 rings (SSSR count). The van der Waals surface area contributed by atoms with Crippen LogP contribution in [0.4, 0.5) is 0 Å². The molecule has 0 spiro atoms. The maximum atomic E-state index is 12.0. The zero-order chi connectivity index (χ0) is 17.2. The van der Waals surface area contributed by atoms with Crippen molar-refractivity contribution >= 4 is 17.7 Å². The smallest absolute Gasteiger partial charge is 0.260 e. The van der Waals surface area contributed by atoms with Crippen molar-refractivity contribution in [1.82, 2.24) is 5.32 Å². The summed E-state index contributed by atoms with van der Waals surface area (Å²) in [6.45, 7) is 2.38. The standard InChI is InChI=1S/C19H23NO3S/c1-15(23-18-10-8-17(22-2)9-11-18)19(21)20-12-13-24-14-16-6-4-3-5-7-16/h3-11,15H,12-14H2,1-2H3,(H,20,21). The summed E-state index contributed by atoms with van der Waals surface area (Å²) in [6, 6.07) is 17.5. The van der Waals surface area contributed by atoms with Gasteiger partial charge in [-0.05, 0) is 36.8 Å². The molecule has 1 atom stereocenters. The Labute approximate surface area is 147 Å². The fraction of sp³-hybridized carbons (Fsp3) is 0.316. The Bertz CT molecular complexity index is 616. The number of hydrogen-bond donors (Lipinski definition) is 1. The lowest BCUT2D eigenvalue weighted by atomic mass is 10.2. The zero-order valence-electron chi connectivity index (χ0n) is 14.0. The summed E-state index contributed by atoms with van der Waals surface area (Å²) in [6.07, 6.45) is -0.530. The maximum Gasteiger partial charge on any atom is 0.260 e. The second kappa shape index (κ2) is 9.88. The summed E-state index contributed by atoms with van der Waals surface area (Å²) in [5, 5.41) is 2.90. The molecule has 2 aromatic carbocycles. The van der Waals surface area contributed by atoms with Crippen LogP contribution < -0.4 is 14.8 Å². The van der Waals surface area contributed by atoms with Gasteiger partial charge in [0, 0.05) is 18.1 Å². The van der Waals surface area contributed by atoms with E-state index in [1.165, 1.54) is 5.56 Å². The van der Waals surface area contributed by atoms with Crippen molar-refractivity contribution in [2.45, 2.75) is 18.8 Å². The van der Waals surface area contributed by atoms with Crippen molar-refractivity contribution in [2.75, 3.05) is 19.4 Å². The largest absolute Gasteiger partial charge is 0.497 e. The number of amides is 1. The van der Waals surface area contributed by atoms with Crippen molar-refractivity contribution in [3.8, 4) is 11.5 Å². The molecule has 0 aliphatic carbocycles. The van der Waals surface area contributed by atoms with E-state index in [1.54, 1.807) is 50.1 Å². The van der Waals surface area contributed by atoms with Crippen molar-refractivity contribution in [1.29, 1.82) is 0 Å². The molecule has 0 fully saturated rings. The molecule has 1 N–H and O–H groups in total. The third-order valence-electron chi connectivity index (χ3n) is 3.40. The Balaban J connectivity index is 1.64. The van der Waals surface area contributed by atoms with Crippen LogP contribution >= 0.6 is 11.8 Å². The highest BCUT2D eigenvalue weighted by Gasteiger charge is 2.13. The second-order valence-corrected chi connectivity index (χ2v) is 6.37. The molecule has 0 aliphatic heterocycles. The van der Waals surface area contributed by atoms with Gasteiger partial charge < -0.3 is 14.8 Å². The van der Waals surface area contributed by atoms with Gasteiger partial charge in [-0.15, -0.1) is 0 Å². The van der Waals surface area contributed by atoms with Crippen molar-refractivity contribution in [3.05, 3.63) is 60.2 Å². The molecule has 5 heteroatoms. The molecule has 0 heterocycles. The summed E-state index contributed by atoms with van der Waals surface area (Å²) >= 11 is 1.80. The molecule has 0 aliphatic rings. The van der Waals surface area contributed by atoms with E-state index in [9.17, 15) is 4.79 Å². The third kappa shape index (κ3) is 6.16. The van der Waals surface area contributed by atoms with Gasteiger partial charge in [0.05, 0.1) is 7.11 Å². The molecule has 2 aromatic rings. The number of benzene rings is 2. The van der Waals surface area contributed by atoms with E-state index in [0.29, 0.717) is 12.3 Å². The predicted octanol–water partition coefficient (Wildman–Crippen LogP) is 3.51. The van der Waals surface area contributed by atoms with Gasteiger partial charge in [-0.1, -0.05) is 30.3 Å².